The maximum Gasteiger partial charge on any atom is 0.307 e. The summed E-state index contributed by atoms with van der Waals surface area (Å²) >= 11 is 0. The van der Waals surface area contributed by atoms with E-state index >= 15 is 0 Å². The molecule has 0 atom stereocenters. The van der Waals surface area contributed by atoms with Gasteiger partial charge in [0.05, 0.1) is 6.42 Å². The third-order valence-electron chi connectivity index (χ3n) is 1.95. The lowest BCUT2D eigenvalue weighted by Gasteiger charge is -1.98. The van der Waals surface area contributed by atoms with E-state index in [9.17, 15) is 4.79 Å². The molecule has 0 fully saturated rings. The quantitative estimate of drug-likeness (QED) is 0.764. The fourth-order valence-electron chi connectivity index (χ4n) is 1.29. The van der Waals surface area contributed by atoms with Crippen molar-refractivity contribution in [2.24, 2.45) is 0 Å². The standard InChI is InChI=1S/C14H14O2/c1-2-3-7-13(11-14(15)16)10-12-8-5-4-6-9-12/h2-10H,1,11H2,(H,15,16). The van der Waals surface area contributed by atoms with Crippen LogP contribution in [-0.2, 0) is 4.79 Å². The molecule has 16 heavy (non-hydrogen) atoms. The molecule has 2 nitrogen and oxygen atoms in total. The average molecular weight is 214 g/mol. The van der Waals surface area contributed by atoms with Gasteiger partial charge in [0.1, 0.15) is 0 Å². The van der Waals surface area contributed by atoms with E-state index in [4.69, 9.17) is 5.11 Å². The van der Waals surface area contributed by atoms with Crippen molar-refractivity contribution >= 4 is 12.0 Å². The van der Waals surface area contributed by atoms with E-state index in [1.807, 2.05) is 36.4 Å². The highest BCUT2D eigenvalue weighted by Crippen LogP contribution is 2.11. The molecule has 0 radical (unpaired) electrons. The molecule has 0 aromatic heterocycles. The fraction of sp³-hybridized carbons (Fsp3) is 0.0714. The van der Waals surface area contributed by atoms with Crippen molar-refractivity contribution in [1.29, 1.82) is 0 Å². The van der Waals surface area contributed by atoms with Gasteiger partial charge in [-0.05, 0) is 11.1 Å². The molecule has 1 N–H and O–H groups in total. The lowest BCUT2D eigenvalue weighted by Crippen LogP contribution is -1.95. The van der Waals surface area contributed by atoms with Crippen LogP contribution in [0.15, 0.2) is 60.7 Å². The Kier molecular flexibility index (Phi) is 4.80. The van der Waals surface area contributed by atoms with Gasteiger partial charge in [-0.2, -0.15) is 0 Å². The summed E-state index contributed by atoms with van der Waals surface area (Å²) < 4.78 is 0. The molecule has 1 rings (SSSR count). The maximum atomic E-state index is 10.7. The number of rotatable bonds is 5. The first-order valence-corrected chi connectivity index (χ1v) is 4.99. The highest BCUT2D eigenvalue weighted by Gasteiger charge is 2.00. The van der Waals surface area contributed by atoms with E-state index in [1.165, 1.54) is 0 Å². The van der Waals surface area contributed by atoms with Crippen molar-refractivity contribution < 1.29 is 9.90 Å². The van der Waals surface area contributed by atoms with Gasteiger partial charge in [0.2, 0.25) is 0 Å². The van der Waals surface area contributed by atoms with Gasteiger partial charge in [-0.3, -0.25) is 4.79 Å². The molecule has 0 aliphatic carbocycles. The van der Waals surface area contributed by atoms with E-state index < -0.39 is 5.97 Å². The summed E-state index contributed by atoms with van der Waals surface area (Å²) in [6, 6.07) is 9.63. The van der Waals surface area contributed by atoms with Crippen molar-refractivity contribution in [3.05, 3.63) is 66.3 Å². The van der Waals surface area contributed by atoms with E-state index in [0.717, 1.165) is 11.1 Å². The van der Waals surface area contributed by atoms with Gasteiger partial charge >= 0.3 is 5.97 Å². The molecule has 0 saturated carbocycles. The minimum absolute atomic E-state index is 0.0131. The lowest BCUT2D eigenvalue weighted by molar-refractivity contribution is -0.136. The van der Waals surface area contributed by atoms with Crippen LogP contribution in [0, 0.1) is 0 Å². The molecule has 0 amide bonds. The molecule has 82 valence electrons. The van der Waals surface area contributed by atoms with Crippen molar-refractivity contribution in [3.63, 3.8) is 0 Å². The zero-order valence-electron chi connectivity index (χ0n) is 8.97. The highest BCUT2D eigenvalue weighted by atomic mass is 16.4. The first-order chi connectivity index (χ1) is 7.72. The van der Waals surface area contributed by atoms with Crippen LogP contribution in [0.3, 0.4) is 0 Å². The third-order valence-corrected chi connectivity index (χ3v) is 1.95. The lowest BCUT2D eigenvalue weighted by atomic mass is 10.1. The number of carboxylic acid groups (broad SMARTS) is 1. The number of carbonyl (C=O) groups is 1. The molecule has 0 heterocycles. The summed E-state index contributed by atoms with van der Waals surface area (Å²) in [6.07, 6.45) is 6.99. The van der Waals surface area contributed by atoms with E-state index in [1.54, 1.807) is 18.2 Å². The number of aliphatic carboxylic acids is 1. The molecule has 2 heteroatoms. The number of hydrogen-bond acceptors (Lipinski definition) is 1. The summed E-state index contributed by atoms with van der Waals surface area (Å²) in [5.74, 6) is -0.837. The molecule has 1 aromatic carbocycles. The zero-order valence-corrected chi connectivity index (χ0v) is 8.97. The molecular weight excluding hydrogens is 200 g/mol. The molecule has 0 saturated heterocycles. The first kappa shape index (κ1) is 12.0. The van der Waals surface area contributed by atoms with Gasteiger partial charge in [-0.25, -0.2) is 0 Å². The van der Waals surface area contributed by atoms with E-state index in [0.29, 0.717) is 0 Å². The van der Waals surface area contributed by atoms with Crippen LogP contribution in [0.4, 0.5) is 0 Å². The van der Waals surface area contributed by atoms with Crippen LogP contribution in [0.5, 0.6) is 0 Å². The average Bonchev–Trinajstić information content (AvgIpc) is 2.26. The Balaban J connectivity index is 2.91. The normalized spacial score (nSPS) is 11.6. The summed E-state index contributed by atoms with van der Waals surface area (Å²) in [4.78, 5) is 10.7. The number of benzene rings is 1. The van der Waals surface area contributed by atoms with Crippen LogP contribution in [-0.4, -0.2) is 11.1 Å². The van der Waals surface area contributed by atoms with E-state index in [2.05, 4.69) is 6.58 Å². The van der Waals surface area contributed by atoms with Crippen molar-refractivity contribution in [3.8, 4) is 0 Å². The molecule has 0 aliphatic heterocycles. The first-order valence-electron chi connectivity index (χ1n) is 4.99. The van der Waals surface area contributed by atoms with E-state index in [-0.39, 0.29) is 6.42 Å². The predicted molar refractivity (Wildman–Crippen MR) is 66.0 cm³/mol. The topological polar surface area (TPSA) is 37.3 Å². The van der Waals surface area contributed by atoms with Crippen molar-refractivity contribution in [2.75, 3.05) is 0 Å². The molecular formula is C14H14O2. The Morgan fingerprint density at radius 3 is 2.56 bits per heavy atom. The summed E-state index contributed by atoms with van der Waals surface area (Å²) in [7, 11) is 0. The highest BCUT2D eigenvalue weighted by molar-refractivity contribution is 5.74. The summed E-state index contributed by atoms with van der Waals surface area (Å²) in [6.45, 7) is 3.56. The minimum atomic E-state index is -0.837. The van der Waals surface area contributed by atoms with Gasteiger partial charge in [-0.1, -0.05) is 61.2 Å². The number of allylic oxidation sites excluding steroid dienone is 3. The molecule has 0 bridgehead atoms. The molecule has 0 aliphatic rings. The van der Waals surface area contributed by atoms with Crippen LogP contribution in [0.1, 0.15) is 12.0 Å². The van der Waals surface area contributed by atoms with Crippen LogP contribution >= 0.6 is 0 Å². The van der Waals surface area contributed by atoms with Gasteiger partial charge in [0.25, 0.3) is 0 Å². The fourth-order valence-corrected chi connectivity index (χ4v) is 1.29. The Hall–Kier alpha value is -2.09. The Bertz CT molecular complexity index is 414. The SMILES string of the molecule is C=CC=CC(=Cc1ccccc1)CC(=O)O. The maximum absolute atomic E-state index is 10.7. The monoisotopic (exact) mass is 214 g/mol. The minimum Gasteiger partial charge on any atom is -0.481 e. The van der Waals surface area contributed by atoms with Crippen LogP contribution in [0.25, 0.3) is 6.08 Å². The second-order valence-corrected chi connectivity index (χ2v) is 3.30. The van der Waals surface area contributed by atoms with Crippen LogP contribution in [0.2, 0.25) is 0 Å². The second-order valence-electron chi connectivity index (χ2n) is 3.30. The Morgan fingerprint density at radius 2 is 2.00 bits per heavy atom. The number of carboxylic acids is 1. The largest absolute Gasteiger partial charge is 0.481 e. The Labute approximate surface area is 95.2 Å². The molecule has 0 unspecified atom stereocenters. The van der Waals surface area contributed by atoms with Gasteiger partial charge in [-0.15, -0.1) is 0 Å². The molecule has 1 aromatic rings. The van der Waals surface area contributed by atoms with Gasteiger partial charge < -0.3 is 5.11 Å². The molecule has 0 spiro atoms. The third kappa shape index (κ3) is 4.42. The number of hydrogen-bond donors (Lipinski definition) is 1. The van der Waals surface area contributed by atoms with Crippen molar-refractivity contribution in [2.45, 2.75) is 6.42 Å². The zero-order chi connectivity index (χ0) is 11.8. The van der Waals surface area contributed by atoms with Gasteiger partial charge in [0, 0.05) is 0 Å². The Morgan fingerprint density at radius 1 is 1.31 bits per heavy atom. The second kappa shape index (κ2) is 6.40. The predicted octanol–water partition coefficient (Wildman–Crippen LogP) is 3.29. The van der Waals surface area contributed by atoms with Crippen molar-refractivity contribution in [1.82, 2.24) is 0 Å². The van der Waals surface area contributed by atoms with Crippen LogP contribution < -0.4 is 0 Å². The summed E-state index contributed by atoms with van der Waals surface area (Å²) in [5.41, 5.74) is 1.74. The van der Waals surface area contributed by atoms with Gasteiger partial charge in [0.15, 0.2) is 0 Å². The summed E-state index contributed by atoms with van der Waals surface area (Å²) in [5, 5.41) is 8.76. The smallest absolute Gasteiger partial charge is 0.307 e.